The van der Waals surface area contributed by atoms with E-state index in [1.165, 1.54) is 17.2 Å². The summed E-state index contributed by atoms with van der Waals surface area (Å²) in [6.07, 6.45) is 3.02. The number of nitrogens with zero attached hydrogens (tertiary/aromatic N) is 1. The van der Waals surface area contributed by atoms with Gasteiger partial charge < -0.3 is 13.9 Å². The molecule has 0 saturated carbocycles. The summed E-state index contributed by atoms with van der Waals surface area (Å²) in [5, 5.41) is -0.335. The lowest BCUT2D eigenvalue weighted by atomic mass is 10.2. The van der Waals surface area contributed by atoms with Crippen molar-refractivity contribution in [3.63, 3.8) is 0 Å². The van der Waals surface area contributed by atoms with E-state index in [1.54, 1.807) is 36.4 Å². The normalized spacial score (nSPS) is 14.8. The van der Waals surface area contributed by atoms with Crippen LogP contribution in [0, 0.1) is 6.92 Å². The van der Waals surface area contributed by atoms with Gasteiger partial charge in [-0.25, -0.2) is 4.79 Å². The number of aryl methyl sites for hydroxylation is 1. The molecule has 2 amide bonds. The number of benzene rings is 2. The lowest BCUT2D eigenvalue weighted by Crippen LogP contribution is -2.32. The highest BCUT2D eigenvalue weighted by Gasteiger charge is 2.34. The minimum atomic E-state index is -0.600. The summed E-state index contributed by atoms with van der Waals surface area (Å²) in [6.45, 7) is 2.34. The molecule has 1 fully saturated rings. The minimum absolute atomic E-state index is 0.106. The van der Waals surface area contributed by atoms with E-state index in [0.717, 1.165) is 17.3 Å². The average molecular weight is 449 g/mol. The Bertz CT molecular complexity index is 1170. The first-order chi connectivity index (χ1) is 15.5. The fraction of sp³-hybridized carbons (Fsp3) is 0.125. The van der Waals surface area contributed by atoms with E-state index < -0.39 is 5.97 Å². The third-order valence-electron chi connectivity index (χ3n) is 4.56. The molecular weight excluding hydrogens is 430 g/mol. The van der Waals surface area contributed by atoms with Crippen LogP contribution in [0.25, 0.3) is 6.08 Å². The van der Waals surface area contributed by atoms with Crippen LogP contribution in [0.2, 0.25) is 0 Å². The Labute approximate surface area is 188 Å². The number of hydrogen-bond donors (Lipinski definition) is 0. The fourth-order valence-corrected chi connectivity index (χ4v) is 3.85. The van der Waals surface area contributed by atoms with Crippen molar-refractivity contribution in [2.75, 3.05) is 13.2 Å². The molecule has 0 bridgehead atoms. The lowest BCUT2D eigenvalue weighted by molar-refractivity contribution is -0.123. The topological polar surface area (TPSA) is 86.0 Å². The molecule has 1 aliphatic rings. The van der Waals surface area contributed by atoms with Gasteiger partial charge in [0.2, 0.25) is 5.76 Å². The predicted molar refractivity (Wildman–Crippen MR) is 119 cm³/mol. The number of rotatable bonds is 7. The zero-order valence-electron chi connectivity index (χ0n) is 17.1. The molecule has 3 aromatic rings. The number of esters is 1. The summed E-state index contributed by atoms with van der Waals surface area (Å²) in [5.41, 5.74) is 1.77. The van der Waals surface area contributed by atoms with Gasteiger partial charge in [0, 0.05) is 0 Å². The Balaban J connectivity index is 1.35. The zero-order chi connectivity index (χ0) is 22.5. The number of carbonyl (C=O) groups excluding carboxylic acids is 3. The van der Waals surface area contributed by atoms with Crippen LogP contribution in [0.1, 0.15) is 21.7 Å². The third kappa shape index (κ3) is 5.09. The predicted octanol–water partition coefficient (Wildman–Crippen LogP) is 4.92. The summed E-state index contributed by atoms with van der Waals surface area (Å²) in [4.78, 5) is 38.3. The van der Waals surface area contributed by atoms with Gasteiger partial charge in [0.1, 0.15) is 18.1 Å². The largest absolute Gasteiger partial charge is 0.492 e. The van der Waals surface area contributed by atoms with Crippen LogP contribution >= 0.6 is 11.8 Å². The van der Waals surface area contributed by atoms with Gasteiger partial charge in [0.25, 0.3) is 11.1 Å². The molecule has 0 N–H and O–H groups in total. The Morgan fingerprint density at radius 2 is 1.88 bits per heavy atom. The molecule has 162 valence electrons. The van der Waals surface area contributed by atoms with Crippen LogP contribution in [0.15, 0.2) is 76.2 Å². The number of hydrogen-bond acceptors (Lipinski definition) is 7. The van der Waals surface area contributed by atoms with Gasteiger partial charge in [-0.3, -0.25) is 14.5 Å². The maximum atomic E-state index is 12.6. The van der Waals surface area contributed by atoms with Crippen molar-refractivity contribution >= 4 is 35.0 Å². The molecule has 7 nitrogen and oxygen atoms in total. The lowest BCUT2D eigenvalue weighted by Gasteiger charge is -2.13. The first kappa shape index (κ1) is 21.5. The standard InChI is InChI=1S/C24H19NO6S/c1-16-4-2-5-19(14-16)29-13-11-25-22(26)21(32-24(25)28)15-17-7-9-18(10-8-17)31-23(27)20-6-3-12-30-20/h2-10,12,14-15H,11,13H2,1H3/b21-15-. The summed E-state index contributed by atoms with van der Waals surface area (Å²) in [7, 11) is 0. The second kappa shape index (κ2) is 9.57. The van der Waals surface area contributed by atoms with Crippen LogP contribution in [0.5, 0.6) is 11.5 Å². The molecule has 0 unspecified atom stereocenters. The van der Waals surface area contributed by atoms with E-state index >= 15 is 0 Å². The van der Waals surface area contributed by atoms with Crippen LogP contribution in [-0.4, -0.2) is 35.2 Å². The number of imide groups is 1. The molecule has 2 heterocycles. The highest BCUT2D eigenvalue weighted by Crippen LogP contribution is 2.32. The van der Waals surface area contributed by atoms with Crippen molar-refractivity contribution in [3.8, 4) is 11.5 Å². The number of ether oxygens (including phenoxy) is 2. The van der Waals surface area contributed by atoms with Crippen LogP contribution < -0.4 is 9.47 Å². The molecule has 32 heavy (non-hydrogen) atoms. The first-order valence-corrected chi connectivity index (χ1v) is 10.6. The van der Waals surface area contributed by atoms with Crippen LogP contribution in [0.4, 0.5) is 4.79 Å². The highest BCUT2D eigenvalue weighted by atomic mass is 32.2. The molecule has 0 radical (unpaired) electrons. The molecule has 1 aromatic heterocycles. The Morgan fingerprint density at radius 1 is 1.06 bits per heavy atom. The van der Waals surface area contributed by atoms with E-state index in [1.807, 2.05) is 31.2 Å². The Kier molecular flexibility index (Phi) is 6.42. The van der Waals surface area contributed by atoms with Crippen molar-refractivity contribution in [3.05, 3.63) is 88.7 Å². The monoisotopic (exact) mass is 449 g/mol. The van der Waals surface area contributed by atoms with Gasteiger partial charge >= 0.3 is 5.97 Å². The Morgan fingerprint density at radius 3 is 2.59 bits per heavy atom. The summed E-state index contributed by atoms with van der Waals surface area (Å²) in [5.74, 6) is 0.178. The van der Waals surface area contributed by atoms with Crippen LogP contribution in [0.3, 0.4) is 0 Å². The van der Waals surface area contributed by atoms with E-state index in [4.69, 9.17) is 13.9 Å². The molecule has 2 aromatic carbocycles. The van der Waals surface area contributed by atoms with Gasteiger partial charge in [0.15, 0.2) is 0 Å². The number of thioether (sulfide) groups is 1. The first-order valence-electron chi connectivity index (χ1n) is 9.80. The van der Waals surface area contributed by atoms with E-state index in [9.17, 15) is 14.4 Å². The maximum absolute atomic E-state index is 12.6. The SMILES string of the molecule is Cc1cccc(OCCN2C(=O)S/C(=C\c3ccc(OC(=O)c4ccco4)cc3)C2=O)c1. The number of amides is 2. The smallest absolute Gasteiger partial charge is 0.379 e. The highest BCUT2D eigenvalue weighted by molar-refractivity contribution is 8.18. The van der Waals surface area contributed by atoms with Gasteiger partial charge in [0.05, 0.1) is 17.7 Å². The molecule has 0 aliphatic carbocycles. The number of carbonyl (C=O) groups is 3. The van der Waals surface area contributed by atoms with Crippen molar-refractivity contribution in [2.45, 2.75) is 6.92 Å². The van der Waals surface area contributed by atoms with E-state index in [2.05, 4.69) is 0 Å². The second-order valence-electron chi connectivity index (χ2n) is 6.93. The minimum Gasteiger partial charge on any atom is -0.492 e. The van der Waals surface area contributed by atoms with Gasteiger partial charge in [-0.1, -0.05) is 24.3 Å². The maximum Gasteiger partial charge on any atom is 0.379 e. The summed E-state index contributed by atoms with van der Waals surface area (Å²) in [6, 6.07) is 17.3. The molecule has 8 heteroatoms. The van der Waals surface area contributed by atoms with Gasteiger partial charge in [-0.05, 0) is 72.3 Å². The summed E-state index contributed by atoms with van der Waals surface area (Å²) >= 11 is 0.884. The fourth-order valence-electron chi connectivity index (χ4n) is 2.99. The summed E-state index contributed by atoms with van der Waals surface area (Å²) < 4.78 is 15.9. The third-order valence-corrected chi connectivity index (χ3v) is 5.46. The van der Waals surface area contributed by atoms with Crippen molar-refractivity contribution in [2.24, 2.45) is 0 Å². The van der Waals surface area contributed by atoms with Gasteiger partial charge in [-0.2, -0.15) is 0 Å². The quantitative estimate of drug-likeness (QED) is 0.287. The van der Waals surface area contributed by atoms with Crippen molar-refractivity contribution < 1.29 is 28.3 Å². The molecule has 4 rings (SSSR count). The molecule has 1 aliphatic heterocycles. The second-order valence-corrected chi connectivity index (χ2v) is 7.93. The van der Waals surface area contributed by atoms with E-state index in [0.29, 0.717) is 22.0 Å². The van der Waals surface area contributed by atoms with Crippen LogP contribution in [-0.2, 0) is 4.79 Å². The molecule has 1 saturated heterocycles. The molecular formula is C24H19NO6S. The zero-order valence-corrected chi connectivity index (χ0v) is 18.0. The van der Waals surface area contributed by atoms with E-state index in [-0.39, 0.29) is 30.1 Å². The average Bonchev–Trinajstić information content (AvgIpc) is 3.40. The van der Waals surface area contributed by atoms with Crippen molar-refractivity contribution in [1.82, 2.24) is 4.90 Å². The Hall–Kier alpha value is -3.78. The van der Waals surface area contributed by atoms with Gasteiger partial charge in [-0.15, -0.1) is 0 Å². The number of furan rings is 1. The molecule has 0 spiro atoms. The van der Waals surface area contributed by atoms with Crippen molar-refractivity contribution in [1.29, 1.82) is 0 Å². The molecule has 0 atom stereocenters.